The van der Waals surface area contributed by atoms with Crippen molar-refractivity contribution in [3.05, 3.63) is 47.8 Å². The fraction of sp³-hybridized carbons (Fsp3) is 0.636. The monoisotopic (exact) mass is 1050 g/mol. The highest BCUT2D eigenvalue weighted by molar-refractivity contribution is 5.98. The fourth-order valence-electron chi connectivity index (χ4n) is 11.3. The molecule has 0 unspecified atom stereocenters. The number of carbonyl (C=O) groups is 5. The van der Waals surface area contributed by atoms with E-state index >= 15 is 0 Å². The predicted molar refractivity (Wildman–Crippen MR) is 276 cm³/mol. The van der Waals surface area contributed by atoms with E-state index in [1.165, 1.54) is 16.7 Å². The maximum atomic E-state index is 14.9. The smallest absolute Gasteiger partial charge is 0.406 e. The Morgan fingerprint density at radius 1 is 1.05 bits per heavy atom. The quantitative estimate of drug-likeness (QED) is 0.204. The molecule has 2 aromatic heterocycles. The Bertz CT molecular complexity index is 2730. The Labute approximate surface area is 438 Å². The SMILES string of the molecule is CO[C@@H](C)c1ncccc1-c1c2c3cc(ccc3n1CC(F)(F)F)N1CCO[C@@H](C[C@H](NC(=O)[C@H](C(C)C)N3CC[C@]4(CCN(C(=O)C#CC(C)(C)N(C)C)C4)C3=O)C(=O)N3CCC[C@H](N3)C(=O)OCC(C)(C)C2)C1. The van der Waals surface area contributed by atoms with Crippen LogP contribution >= 0.6 is 0 Å². The number of benzene rings is 1. The van der Waals surface area contributed by atoms with Crippen molar-refractivity contribution in [3.8, 4) is 23.1 Å². The molecule has 4 amide bonds. The number of amides is 4. The van der Waals surface area contributed by atoms with E-state index in [1.54, 1.807) is 47.2 Å². The summed E-state index contributed by atoms with van der Waals surface area (Å²) in [5.74, 6) is 3.29. The van der Waals surface area contributed by atoms with Gasteiger partial charge < -0.3 is 38.8 Å². The molecule has 75 heavy (non-hydrogen) atoms. The van der Waals surface area contributed by atoms with Crippen molar-refractivity contribution in [3.63, 3.8) is 0 Å². The number of alkyl halides is 3. The lowest BCUT2D eigenvalue weighted by atomic mass is 9.84. The maximum absolute atomic E-state index is 14.9. The molecule has 1 aromatic carbocycles. The lowest BCUT2D eigenvalue weighted by Gasteiger charge is -2.39. The van der Waals surface area contributed by atoms with Crippen LogP contribution in [-0.4, -0.2) is 168 Å². The van der Waals surface area contributed by atoms with Crippen molar-refractivity contribution in [1.29, 1.82) is 0 Å². The largest absolute Gasteiger partial charge is 0.464 e. The molecular formula is C55H74F3N9O8. The summed E-state index contributed by atoms with van der Waals surface area (Å²) in [5, 5.41) is 5.00. The number of aromatic nitrogens is 2. The maximum Gasteiger partial charge on any atom is 0.406 e. The summed E-state index contributed by atoms with van der Waals surface area (Å²) in [6, 6.07) is 5.83. The average Bonchev–Trinajstić information content (AvgIpc) is 4.03. The number of nitrogens with one attached hydrogen (secondary N) is 2. The Kier molecular flexibility index (Phi) is 16.1. The number of methoxy groups -OCH3 is 1. The van der Waals surface area contributed by atoms with E-state index in [0.717, 1.165) is 5.69 Å². The van der Waals surface area contributed by atoms with Crippen LogP contribution in [-0.2, 0) is 51.1 Å². The van der Waals surface area contributed by atoms with Crippen LogP contribution in [0, 0.1) is 28.6 Å². The molecule has 408 valence electrons. The molecule has 4 saturated heterocycles. The van der Waals surface area contributed by atoms with E-state index in [-0.39, 0.29) is 70.0 Å². The Morgan fingerprint density at radius 3 is 2.51 bits per heavy atom. The van der Waals surface area contributed by atoms with Crippen molar-refractivity contribution >= 4 is 46.2 Å². The number of hydrogen-bond acceptors (Lipinski definition) is 12. The third kappa shape index (κ3) is 11.8. The Balaban J connectivity index is 1.12. The number of cyclic esters (lactones) is 1. The first kappa shape index (κ1) is 55.5. The highest BCUT2D eigenvalue weighted by Crippen LogP contribution is 2.44. The molecule has 6 atom stereocenters. The summed E-state index contributed by atoms with van der Waals surface area (Å²) in [4.78, 5) is 83.4. The number of hydrazine groups is 1. The van der Waals surface area contributed by atoms with Gasteiger partial charge in [-0.1, -0.05) is 33.6 Å². The molecule has 20 heteroatoms. The summed E-state index contributed by atoms with van der Waals surface area (Å²) in [6.07, 6.45) is -2.24. The van der Waals surface area contributed by atoms with Crippen molar-refractivity contribution in [1.82, 2.24) is 40.0 Å². The molecule has 5 aliphatic rings. The van der Waals surface area contributed by atoms with Gasteiger partial charge in [0.25, 0.3) is 11.8 Å². The number of ether oxygens (including phenoxy) is 3. The first-order valence-corrected chi connectivity index (χ1v) is 26.2. The zero-order chi connectivity index (χ0) is 54.4. The number of likely N-dealkylation sites (tertiary alicyclic amines) is 2. The van der Waals surface area contributed by atoms with Gasteiger partial charge in [0.1, 0.15) is 24.7 Å². The molecule has 17 nitrogen and oxygen atoms in total. The fourth-order valence-corrected chi connectivity index (χ4v) is 11.3. The number of carbonyl (C=O) groups excluding carboxylic acids is 5. The number of rotatable bonds is 9. The van der Waals surface area contributed by atoms with Gasteiger partial charge in [-0.2, -0.15) is 13.2 Å². The lowest BCUT2D eigenvalue weighted by Crippen LogP contribution is -2.62. The highest BCUT2D eigenvalue weighted by Gasteiger charge is 2.54. The van der Waals surface area contributed by atoms with Crippen LogP contribution in [0.2, 0.25) is 0 Å². The van der Waals surface area contributed by atoms with Gasteiger partial charge in [-0.25, -0.2) is 5.43 Å². The second-order valence-corrected chi connectivity index (χ2v) is 22.9. The summed E-state index contributed by atoms with van der Waals surface area (Å²) in [7, 11) is 5.30. The molecule has 7 heterocycles. The summed E-state index contributed by atoms with van der Waals surface area (Å²) in [6.45, 7) is 13.8. The van der Waals surface area contributed by atoms with Gasteiger partial charge in [0.05, 0.1) is 47.8 Å². The summed E-state index contributed by atoms with van der Waals surface area (Å²) in [5.41, 5.74) is 3.91. The van der Waals surface area contributed by atoms with Crippen molar-refractivity contribution in [2.75, 3.05) is 78.6 Å². The molecule has 1 spiro atoms. The van der Waals surface area contributed by atoms with Crippen LogP contribution in [0.15, 0.2) is 36.5 Å². The second kappa shape index (κ2) is 21.7. The van der Waals surface area contributed by atoms with Crippen LogP contribution in [0.3, 0.4) is 0 Å². The Morgan fingerprint density at radius 2 is 1.80 bits per heavy atom. The molecule has 0 radical (unpaired) electrons. The topological polar surface area (TPSA) is 171 Å². The van der Waals surface area contributed by atoms with E-state index in [0.29, 0.717) is 72.2 Å². The highest BCUT2D eigenvalue weighted by atomic mass is 19.4. The van der Waals surface area contributed by atoms with E-state index < -0.39 is 77.2 Å². The summed E-state index contributed by atoms with van der Waals surface area (Å²) < 4.78 is 63.7. The Hall–Kier alpha value is -5.75. The molecule has 3 aromatic rings. The van der Waals surface area contributed by atoms with Gasteiger partial charge >= 0.3 is 12.1 Å². The lowest BCUT2D eigenvalue weighted by molar-refractivity contribution is -0.156. The van der Waals surface area contributed by atoms with Gasteiger partial charge in [-0.15, -0.1) is 0 Å². The van der Waals surface area contributed by atoms with Crippen LogP contribution < -0.4 is 15.6 Å². The molecule has 8 rings (SSSR count). The molecule has 6 bridgehead atoms. The van der Waals surface area contributed by atoms with Crippen LogP contribution in [0.5, 0.6) is 0 Å². The van der Waals surface area contributed by atoms with Gasteiger partial charge in [0.15, 0.2) is 0 Å². The van der Waals surface area contributed by atoms with Crippen molar-refractivity contribution in [2.45, 2.75) is 136 Å². The average molecular weight is 1050 g/mol. The first-order valence-electron chi connectivity index (χ1n) is 26.2. The molecule has 0 aliphatic carbocycles. The minimum Gasteiger partial charge on any atom is -0.464 e. The number of nitrogens with zero attached hydrogens (tertiary/aromatic N) is 7. The third-order valence-electron chi connectivity index (χ3n) is 16.0. The van der Waals surface area contributed by atoms with E-state index in [2.05, 4.69) is 32.5 Å². The van der Waals surface area contributed by atoms with Gasteiger partial charge in [0, 0.05) is 86.6 Å². The zero-order valence-corrected chi connectivity index (χ0v) is 45.1. The van der Waals surface area contributed by atoms with Crippen molar-refractivity contribution in [2.24, 2.45) is 16.7 Å². The summed E-state index contributed by atoms with van der Waals surface area (Å²) >= 11 is 0. The van der Waals surface area contributed by atoms with Crippen LogP contribution in [0.4, 0.5) is 18.9 Å². The second-order valence-electron chi connectivity index (χ2n) is 22.9. The number of pyridine rings is 1. The van der Waals surface area contributed by atoms with E-state index in [9.17, 15) is 37.1 Å². The number of halogens is 3. The van der Waals surface area contributed by atoms with Crippen LogP contribution in [0.1, 0.15) is 97.9 Å². The molecule has 4 fully saturated rings. The van der Waals surface area contributed by atoms with Gasteiger partial charge in [-0.3, -0.25) is 38.9 Å². The number of esters is 1. The minimum atomic E-state index is -4.59. The van der Waals surface area contributed by atoms with E-state index in [4.69, 9.17) is 14.2 Å². The van der Waals surface area contributed by atoms with Crippen molar-refractivity contribution < 1.29 is 51.4 Å². The molecular weight excluding hydrogens is 972 g/mol. The molecule has 5 aliphatic heterocycles. The number of morpholine rings is 1. The van der Waals surface area contributed by atoms with Crippen LogP contribution in [0.25, 0.3) is 22.2 Å². The first-order chi connectivity index (χ1) is 35.3. The van der Waals surface area contributed by atoms with Gasteiger partial charge in [0.2, 0.25) is 11.8 Å². The molecule has 0 saturated carbocycles. The molecule has 2 N–H and O–H groups in total. The minimum absolute atomic E-state index is 0.0229. The standard InChI is InChI=1S/C55H74F3N9O8/c1-34(2)46(65-24-20-54(51(65)72)19-23-64(31-54)44(68)17-18-53(6,7)62(8)9)48(69)60-42-28-37-30-63(25-26-74-37)36-15-16-43-39(27-36)40(29-52(4,5)33-75-50(71)41-14-12-22-67(61-41)49(42)70)47(66(43)32-55(56,57)58)38-13-11-21-59-45(38)35(3)73-10/h11,13,15-16,21,27,34-35,37,41-42,46,61H,12,14,19-20,22-26,28-33H2,1-10H3,(H,60,69)/t35-,37-,41-,42-,46-,54-/m0/s1. The zero-order valence-electron chi connectivity index (χ0n) is 45.1. The number of hydrogen-bond donors (Lipinski definition) is 2. The van der Waals surface area contributed by atoms with E-state index in [1.807, 2.05) is 66.6 Å². The normalized spacial score (nSPS) is 24.6. The predicted octanol–water partition coefficient (Wildman–Crippen LogP) is 5.49. The third-order valence-corrected chi connectivity index (χ3v) is 16.0. The number of fused-ring (bicyclic) bond motifs is 6. The number of anilines is 1. The van der Waals surface area contributed by atoms with Gasteiger partial charge in [-0.05, 0) is 115 Å².